The highest BCUT2D eigenvalue weighted by atomic mass is 16.3. The van der Waals surface area contributed by atoms with Crippen molar-refractivity contribution in [1.29, 1.82) is 0 Å². The Morgan fingerprint density at radius 1 is 1.23 bits per heavy atom. The number of hydrogen-bond acceptors (Lipinski definition) is 3. The molecule has 3 rings (SSSR count). The Balaban J connectivity index is 1.84. The molecule has 1 fully saturated rings. The van der Waals surface area contributed by atoms with Gasteiger partial charge in [-0.25, -0.2) is 0 Å². The molecule has 0 spiro atoms. The fraction of sp³-hybridized carbons (Fsp3) is 0.421. The van der Waals surface area contributed by atoms with E-state index in [1.807, 2.05) is 24.3 Å². The predicted octanol–water partition coefficient (Wildman–Crippen LogP) is 4.22. The van der Waals surface area contributed by atoms with Gasteiger partial charge < -0.3 is 5.11 Å². The van der Waals surface area contributed by atoms with Gasteiger partial charge in [-0.2, -0.15) is 0 Å². The van der Waals surface area contributed by atoms with E-state index in [-0.39, 0.29) is 0 Å². The summed E-state index contributed by atoms with van der Waals surface area (Å²) in [5.74, 6) is 0.389. The van der Waals surface area contributed by atoms with Gasteiger partial charge in [0.05, 0.1) is 5.69 Å². The summed E-state index contributed by atoms with van der Waals surface area (Å²) < 4.78 is 0. The lowest BCUT2D eigenvalue weighted by Gasteiger charge is -2.35. The van der Waals surface area contributed by atoms with Crippen LogP contribution in [0.5, 0.6) is 5.75 Å². The van der Waals surface area contributed by atoms with Crippen LogP contribution in [0.1, 0.15) is 38.2 Å². The number of hydrogen-bond donors (Lipinski definition) is 1. The Morgan fingerprint density at radius 2 is 2.14 bits per heavy atom. The van der Waals surface area contributed by atoms with Crippen LogP contribution >= 0.6 is 0 Å². The van der Waals surface area contributed by atoms with Crippen molar-refractivity contribution in [3.63, 3.8) is 0 Å². The molecular weight excluding hydrogens is 272 g/mol. The summed E-state index contributed by atoms with van der Waals surface area (Å²) in [5, 5.41) is 10.2. The Bertz CT molecular complexity index is 612. The van der Waals surface area contributed by atoms with Crippen molar-refractivity contribution in [2.75, 3.05) is 6.54 Å². The monoisotopic (exact) mass is 296 g/mol. The van der Waals surface area contributed by atoms with Crippen LogP contribution in [0.2, 0.25) is 0 Å². The Kier molecular flexibility index (Phi) is 4.74. The molecule has 1 saturated heterocycles. The van der Waals surface area contributed by atoms with Gasteiger partial charge in [0, 0.05) is 29.9 Å². The Labute approximate surface area is 132 Å². The summed E-state index contributed by atoms with van der Waals surface area (Å²) in [4.78, 5) is 6.92. The van der Waals surface area contributed by atoms with Crippen molar-refractivity contribution in [3.05, 3.63) is 48.2 Å². The van der Waals surface area contributed by atoms with Crippen molar-refractivity contribution in [2.24, 2.45) is 0 Å². The van der Waals surface area contributed by atoms with Gasteiger partial charge in [0.15, 0.2) is 0 Å². The minimum Gasteiger partial charge on any atom is -0.508 e. The average molecular weight is 296 g/mol. The Morgan fingerprint density at radius 3 is 2.91 bits per heavy atom. The molecule has 3 heteroatoms. The molecule has 0 aliphatic carbocycles. The smallest absolute Gasteiger partial charge is 0.120 e. The maximum Gasteiger partial charge on any atom is 0.120 e. The molecule has 0 amide bonds. The molecule has 0 radical (unpaired) electrons. The highest BCUT2D eigenvalue weighted by Crippen LogP contribution is 2.28. The summed E-state index contributed by atoms with van der Waals surface area (Å²) in [6, 6.07) is 12.4. The first-order valence-corrected chi connectivity index (χ1v) is 8.25. The number of phenolic OH excluding ortho intramolecular Hbond substituents is 1. The van der Waals surface area contributed by atoms with Gasteiger partial charge in [0.25, 0.3) is 0 Å². The van der Waals surface area contributed by atoms with Crippen molar-refractivity contribution in [3.8, 4) is 17.0 Å². The molecule has 1 atom stereocenters. The van der Waals surface area contributed by atoms with Crippen molar-refractivity contribution >= 4 is 0 Å². The molecule has 116 valence electrons. The first-order valence-electron chi connectivity index (χ1n) is 8.25. The van der Waals surface area contributed by atoms with E-state index in [1.54, 1.807) is 12.3 Å². The van der Waals surface area contributed by atoms with E-state index in [2.05, 4.69) is 22.9 Å². The van der Waals surface area contributed by atoms with Gasteiger partial charge in [0.1, 0.15) is 5.75 Å². The third-order valence-electron chi connectivity index (χ3n) is 4.63. The van der Waals surface area contributed by atoms with Crippen LogP contribution in [-0.4, -0.2) is 27.6 Å². The number of aromatic nitrogens is 1. The van der Waals surface area contributed by atoms with E-state index in [0.29, 0.717) is 11.8 Å². The molecule has 1 aromatic heterocycles. The van der Waals surface area contributed by atoms with Crippen molar-refractivity contribution in [2.45, 2.75) is 45.2 Å². The van der Waals surface area contributed by atoms with Gasteiger partial charge in [-0.1, -0.05) is 19.4 Å². The van der Waals surface area contributed by atoms with Crippen LogP contribution in [0.4, 0.5) is 0 Å². The van der Waals surface area contributed by atoms with E-state index in [9.17, 15) is 5.11 Å². The zero-order valence-electron chi connectivity index (χ0n) is 13.2. The molecule has 3 nitrogen and oxygen atoms in total. The van der Waals surface area contributed by atoms with E-state index in [0.717, 1.165) is 29.9 Å². The zero-order chi connectivity index (χ0) is 15.4. The number of phenols is 1. The first-order chi connectivity index (χ1) is 10.8. The van der Waals surface area contributed by atoms with Gasteiger partial charge in [-0.3, -0.25) is 9.88 Å². The number of piperidine rings is 1. The lowest BCUT2D eigenvalue weighted by Crippen LogP contribution is -2.38. The third kappa shape index (κ3) is 3.30. The van der Waals surface area contributed by atoms with E-state index >= 15 is 0 Å². The second-order valence-corrected chi connectivity index (χ2v) is 6.09. The second-order valence-electron chi connectivity index (χ2n) is 6.09. The quantitative estimate of drug-likeness (QED) is 0.917. The number of pyridine rings is 1. The standard InChI is InChI=1S/C19H24N2O/c1-2-17-7-4-6-12-21(17)14-16-13-15(9-10-19(16)22)18-8-3-5-11-20-18/h3,5,8-11,13,17,22H,2,4,6-7,12,14H2,1H3/t17-/m1/s1. The lowest BCUT2D eigenvalue weighted by molar-refractivity contribution is 0.135. The zero-order valence-corrected chi connectivity index (χ0v) is 13.2. The maximum absolute atomic E-state index is 10.2. The van der Waals surface area contributed by atoms with Gasteiger partial charge in [-0.05, 0) is 56.1 Å². The molecular formula is C19H24N2O. The van der Waals surface area contributed by atoms with Crippen LogP contribution in [-0.2, 0) is 6.54 Å². The predicted molar refractivity (Wildman–Crippen MR) is 89.7 cm³/mol. The molecule has 1 N–H and O–H groups in total. The molecule has 2 aromatic rings. The molecule has 0 unspecified atom stereocenters. The fourth-order valence-corrected chi connectivity index (χ4v) is 3.35. The minimum absolute atomic E-state index is 0.389. The van der Waals surface area contributed by atoms with Crippen LogP contribution in [0.15, 0.2) is 42.6 Å². The van der Waals surface area contributed by atoms with Gasteiger partial charge in [0.2, 0.25) is 0 Å². The van der Waals surface area contributed by atoms with Gasteiger partial charge in [-0.15, -0.1) is 0 Å². The normalized spacial score (nSPS) is 19.2. The van der Waals surface area contributed by atoms with Crippen molar-refractivity contribution < 1.29 is 5.11 Å². The maximum atomic E-state index is 10.2. The Hall–Kier alpha value is -1.87. The topological polar surface area (TPSA) is 36.4 Å². The summed E-state index contributed by atoms with van der Waals surface area (Å²) in [7, 11) is 0. The largest absolute Gasteiger partial charge is 0.508 e. The molecule has 0 saturated carbocycles. The molecule has 1 aliphatic heterocycles. The fourth-order valence-electron chi connectivity index (χ4n) is 3.35. The molecule has 1 aromatic carbocycles. The van der Waals surface area contributed by atoms with Crippen LogP contribution in [0.25, 0.3) is 11.3 Å². The molecule has 22 heavy (non-hydrogen) atoms. The SMILES string of the molecule is CC[C@@H]1CCCCN1Cc1cc(-c2ccccn2)ccc1O. The highest BCUT2D eigenvalue weighted by Gasteiger charge is 2.21. The van der Waals surface area contributed by atoms with Crippen LogP contribution in [0.3, 0.4) is 0 Å². The third-order valence-corrected chi connectivity index (χ3v) is 4.63. The second kappa shape index (κ2) is 6.93. The molecule has 1 aliphatic rings. The summed E-state index contributed by atoms with van der Waals surface area (Å²) in [6.07, 6.45) is 6.85. The number of aromatic hydroxyl groups is 1. The van der Waals surface area contributed by atoms with Gasteiger partial charge >= 0.3 is 0 Å². The summed E-state index contributed by atoms with van der Waals surface area (Å²) >= 11 is 0. The highest BCUT2D eigenvalue weighted by molar-refractivity contribution is 5.61. The van der Waals surface area contributed by atoms with E-state index < -0.39 is 0 Å². The average Bonchev–Trinajstić information content (AvgIpc) is 2.58. The lowest BCUT2D eigenvalue weighted by atomic mass is 9.98. The molecule has 0 bridgehead atoms. The van der Waals surface area contributed by atoms with E-state index in [4.69, 9.17) is 0 Å². The summed E-state index contributed by atoms with van der Waals surface area (Å²) in [5.41, 5.74) is 3.02. The number of nitrogens with zero attached hydrogens (tertiary/aromatic N) is 2. The van der Waals surface area contributed by atoms with E-state index in [1.165, 1.54) is 25.7 Å². The van der Waals surface area contributed by atoms with Crippen molar-refractivity contribution in [1.82, 2.24) is 9.88 Å². The minimum atomic E-state index is 0.389. The first kappa shape index (κ1) is 15.0. The number of rotatable bonds is 4. The number of likely N-dealkylation sites (tertiary alicyclic amines) is 1. The number of benzene rings is 1. The summed E-state index contributed by atoms with van der Waals surface area (Å²) in [6.45, 7) is 4.21. The molecule has 2 heterocycles. The van der Waals surface area contributed by atoms with Crippen LogP contribution in [0, 0.1) is 0 Å². The van der Waals surface area contributed by atoms with Crippen LogP contribution < -0.4 is 0 Å².